The maximum Gasteiger partial charge on any atom is 0.223 e. The quantitative estimate of drug-likeness (QED) is 0.683. The number of alkyl halides is 1. The lowest BCUT2D eigenvalue weighted by Gasteiger charge is -2.33. The van der Waals surface area contributed by atoms with Crippen molar-refractivity contribution in [3.05, 3.63) is 0 Å². The van der Waals surface area contributed by atoms with Crippen LogP contribution in [0.4, 0.5) is 0 Å². The van der Waals surface area contributed by atoms with Crippen molar-refractivity contribution in [3.8, 4) is 0 Å². The summed E-state index contributed by atoms with van der Waals surface area (Å²) in [6.07, 6.45) is 1.67. The predicted molar refractivity (Wildman–Crippen MR) is 61.4 cm³/mol. The first-order chi connectivity index (χ1) is 6.95. The fraction of sp³-hybridized carbons (Fsp3) is 0.875. The van der Waals surface area contributed by atoms with Gasteiger partial charge in [-0.2, -0.15) is 4.31 Å². The molecular formula is C8H15BrN2O3S. The highest BCUT2D eigenvalue weighted by Crippen LogP contribution is 2.07. The van der Waals surface area contributed by atoms with Gasteiger partial charge in [-0.3, -0.25) is 4.79 Å². The first-order valence-corrected chi connectivity index (χ1v) is 7.71. The van der Waals surface area contributed by atoms with Gasteiger partial charge < -0.3 is 4.90 Å². The van der Waals surface area contributed by atoms with E-state index in [2.05, 4.69) is 15.9 Å². The second kappa shape index (κ2) is 5.27. The van der Waals surface area contributed by atoms with Crippen molar-refractivity contribution in [1.29, 1.82) is 0 Å². The van der Waals surface area contributed by atoms with E-state index in [0.717, 1.165) is 0 Å². The Kier molecular flexibility index (Phi) is 4.54. The van der Waals surface area contributed by atoms with E-state index < -0.39 is 10.0 Å². The van der Waals surface area contributed by atoms with Crippen LogP contribution in [0.5, 0.6) is 0 Å². The van der Waals surface area contributed by atoms with Crippen molar-refractivity contribution in [1.82, 2.24) is 9.21 Å². The summed E-state index contributed by atoms with van der Waals surface area (Å²) >= 11 is 3.21. The Morgan fingerprint density at radius 1 is 1.27 bits per heavy atom. The number of amides is 1. The summed E-state index contributed by atoms with van der Waals surface area (Å²) in [7, 11) is -3.10. The SMILES string of the molecule is CS(=O)(=O)N1CCN(C(=O)CCBr)CC1. The van der Waals surface area contributed by atoms with E-state index in [0.29, 0.717) is 37.9 Å². The second-order valence-electron chi connectivity index (χ2n) is 3.48. The molecule has 15 heavy (non-hydrogen) atoms. The molecule has 0 saturated carbocycles. The zero-order chi connectivity index (χ0) is 11.5. The number of carbonyl (C=O) groups excluding carboxylic acids is 1. The molecule has 0 atom stereocenters. The molecule has 0 spiro atoms. The van der Waals surface area contributed by atoms with Gasteiger partial charge in [-0.15, -0.1) is 0 Å². The fourth-order valence-corrected chi connectivity index (χ4v) is 2.67. The minimum atomic E-state index is -3.10. The first kappa shape index (κ1) is 12.9. The van der Waals surface area contributed by atoms with Crippen LogP contribution in [0.2, 0.25) is 0 Å². The molecule has 1 saturated heterocycles. The second-order valence-corrected chi connectivity index (χ2v) is 6.26. The van der Waals surface area contributed by atoms with Crippen LogP contribution in [0.15, 0.2) is 0 Å². The van der Waals surface area contributed by atoms with Crippen molar-refractivity contribution in [2.24, 2.45) is 0 Å². The Labute approximate surface area is 98.6 Å². The van der Waals surface area contributed by atoms with Crippen molar-refractivity contribution in [2.75, 3.05) is 37.8 Å². The molecule has 1 aliphatic heterocycles. The van der Waals surface area contributed by atoms with E-state index in [9.17, 15) is 13.2 Å². The van der Waals surface area contributed by atoms with Gasteiger partial charge in [0.2, 0.25) is 15.9 Å². The molecule has 0 aromatic rings. The molecule has 1 rings (SSSR count). The highest BCUT2D eigenvalue weighted by atomic mass is 79.9. The maximum absolute atomic E-state index is 11.5. The number of halogens is 1. The number of rotatable bonds is 3. The van der Waals surface area contributed by atoms with E-state index in [-0.39, 0.29) is 5.91 Å². The summed E-state index contributed by atoms with van der Waals surface area (Å²) in [5.41, 5.74) is 0. The summed E-state index contributed by atoms with van der Waals surface area (Å²) in [5.74, 6) is 0.0834. The lowest BCUT2D eigenvalue weighted by Crippen LogP contribution is -2.50. The van der Waals surface area contributed by atoms with E-state index >= 15 is 0 Å². The van der Waals surface area contributed by atoms with Crippen molar-refractivity contribution >= 4 is 31.9 Å². The standard InChI is InChI=1S/C8H15BrN2O3S/c1-15(13,14)11-6-4-10(5-7-11)8(12)2-3-9/h2-7H2,1H3. The molecule has 0 N–H and O–H groups in total. The van der Waals surface area contributed by atoms with Crippen molar-refractivity contribution < 1.29 is 13.2 Å². The maximum atomic E-state index is 11.5. The van der Waals surface area contributed by atoms with E-state index in [1.54, 1.807) is 4.90 Å². The molecule has 0 aromatic heterocycles. The van der Waals surface area contributed by atoms with Crippen LogP contribution >= 0.6 is 15.9 Å². The Morgan fingerprint density at radius 2 is 1.80 bits per heavy atom. The van der Waals surface area contributed by atoms with E-state index in [1.807, 2.05) is 0 Å². The lowest BCUT2D eigenvalue weighted by atomic mass is 10.3. The zero-order valence-electron chi connectivity index (χ0n) is 8.65. The van der Waals surface area contributed by atoms with Crippen molar-refractivity contribution in [3.63, 3.8) is 0 Å². The number of hydrogen-bond acceptors (Lipinski definition) is 3. The Hall–Kier alpha value is -0.140. The minimum Gasteiger partial charge on any atom is -0.340 e. The number of piperazine rings is 1. The first-order valence-electron chi connectivity index (χ1n) is 4.74. The van der Waals surface area contributed by atoms with Gasteiger partial charge >= 0.3 is 0 Å². The van der Waals surface area contributed by atoms with Crippen molar-refractivity contribution in [2.45, 2.75) is 6.42 Å². The summed E-state index contributed by atoms with van der Waals surface area (Å²) in [6, 6.07) is 0. The third kappa shape index (κ3) is 3.73. The summed E-state index contributed by atoms with van der Waals surface area (Å²) in [5, 5.41) is 0.651. The van der Waals surface area contributed by atoms with Crippen LogP contribution in [-0.4, -0.2) is 61.3 Å². The summed E-state index contributed by atoms with van der Waals surface area (Å²) in [4.78, 5) is 13.2. The van der Waals surface area contributed by atoms with Gasteiger partial charge in [0.05, 0.1) is 6.26 Å². The number of hydrogen-bond donors (Lipinski definition) is 0. The molecule has 0 aromatic carbocycles. The highest BCUT2D eigenvalue weighted by Gasteiger charge is 2.25. The average Bonchev–Trinajstić information content (AvgIpc) is 2.17. The number of sulfonamides is 1. The summed E-state index contributed by atoms with van der Waals surface area (Å²) in [6.45, 7) is 1.82. The van der Waals surface area contributed by atoms with E-state index in [1.165, 1.54) is 10.6 Å². The molecule has 0 unspecified atom stereocenters. The third-order valence-electron chi connectivity index (χ3n) is 2.37. The number of nitrogens with zero attached hydrogens (tertiary/aromatic N) is 2. The van der Waals surface area contributed by atoms with Gasteiger partial charge in [0.1, 0.15) is 0 Å². The van der Waals surface area contributed by atoms with Gasteiger partial charge in [0, 0.05) is 37.9 Å². The van der Waals surface area contributed by atoms with Gasteiger partial charge in [-0.05, 0) is 0 Å². The van der Waals surface area contributed by atoms with Crippen LogP contribution in [-0.2, 0) is 14.8 Å². The molecule has 1 amide bonds. The molecule has 1 fully saturated rings. The molecule has 1 heterocycles. The van der Waals surface area contributed by atoms with Gasteiger partial charge in [0.25, 0.3) is 0 Å². The monoisotopic (exact) mass is 298 g/mol. The largest absolute Gasteiger partial charge is 0.340 e. The van der Waals surface area contributed by atoms with Gasteiger partial charge in [0.15, 0.2) is 0 Å². The Bertz CT molecular complexity index is 323. The van der Waals surface area contributed by atoms with Gasteiger partial charge in [-0.1, -0.05) is 15.9 Å². The minimum absolute atomic E-state index is 0.0834. The molecule has 0 bridgehead atoms. The summed E-state index contributed by atoms with van der Waals surface area (Å²) < 4.78 is 23.8. The Morgan fingerprint density at radius 3 is 2.20 bits per heavy atom. The molecule has 0 aliphatic carbocycles. The lowest BCUT2D eigenvalue weighted by molar-refractivity contribution is -0.131. The van der Waals surface area contributed by atoms with E-state index in [4.69, 9.17) is 0 Å². The molecule has 7 heteroatoms. The topological polar surface area (TPSA) is 57.7 Å². The average molecular weight is 299 g/mol. The molecule has 1 aliphatic rings. The normalized spacial score (nSPS) is 19.2. The van der Waals surface area contributed by atoms with Crippen LogP contribution < -0.4 is 0 Å². The van der Waals surface area contributed by atoms with Crippen LogP contribution in [0.3, 0.4) is 0 Å². The van der Waals surface area contributed by atoms with Crippen LogP contribution in [0.25, 0.3) is 0 Å². The molecule has 5 nitrogen and oxygen atoms in total. The van der Waals surface area contributed by atoms with Crippen LogP contribution in [0, 0.1) is 0 Å². The zero-order valence-corrected chi connectivity index (χ0v) is 11.1. The smallest absolute Gasteiger partial charge is 0.223 e. The third-order valence-corrected chi connectivity index (χ3v) is 4.07. The fourth-order valence-electron chi connectivity index (χ4n) is 1.51. The van der Waals surface area contributed by atoms with Gasteiger partial charge in [-0.25, -0.2) is 8.42 Å². The molecule has 0 radical (unpaired) electrons. The molecule has 88 valence electrons. The molecular weight excluding hydrogens is 284 g/mol. The highest BCUT2D eigenvalue weighted by molar-refractivity contribution is 9.09. The van der Waals surface area contributed by atoms with Crippen LogP contribution in [0.1, 0.15) is 6.42 Å². The predicted octanol–water partition coefficient (Wildman–Crippen LogP) is -0.125. The number of carbonyl (C=O) groups is 1. The Balaban J connectivity index is 2.46.